The number of amides is 5. The molecule has 1 spiro atoms. The normalized spacial score (nSPS) is 21.6. The van der Waals surface area contributed by atoms with Crippen LogP contribution in [0.25, 0.3) is 0 Å². The number of Topliss-reactive ketones (excluding diaryl/α,β-unsaturated/α-hetero) is 1. The third-order valence-electron chi connectivity index (χ3n) is 9.06. The predicted octanol–water partition coefficient (Wildman–Crippen LogP) is 3.90. The number of nitrogens with one attached hydrogen (secondary N) is 2. The fraction of sp³-hybridized carbons (Fsp3) is 0.645. The van der Waals surface area contributed by atoms with Gasteiger partial charge in [-0.3, -0.25) is 24.5 Å². The van der Waals surface area contributed by atoms with Crippen LogP contribution in [0.1, 0.15) is 66.4 Å². The van der Waals surface area contributed by atoms with Crippen LogP contribution in [-0.2, 0) is 35.0 Å². The molecule has 0 aromatic heterocycles. The number of hydrogen-bond donors (Lipinski definition) is 2. The quantitative estimate of drug-likeness (QED) is 0.293. The Kier molecular flexibility index (Phi) is 9.35. The van der Waals surface area contributed by atoms with Crippen LogP contribution in [0.3, 0.4) is 0 Å². The van der Waals surface area contributed by atoms with E-state index in [0.717, 1.165) is 18.4 Å². The number of nitrogens with zero attached hydrogens (tertiary/aromatic N) is 2. The highest BCUT2D eigenvalue weighted by atomic mass is 28.4. The molecule has 3 fully saturated rings. The van der Waals surface area contributed by atoms with Gasteiger partial charge in [0, 0.05) is 6.54 Å². The SMILES string of the molecule is CC(C)(C)OC(=O)N[C@H](CO[Si](C)(C)C(C)(C)C)C(=O)C(=O)NC(=O)[C@@H]1CC2(CC2)[C@H]2CN1C(=O)N2OCc1ccccc1. The molecule has 2 heterocycles. The first-order valence-corrected chi connectivity index (χ1v) is 18.0. The average Bonchev–Trinajstić information content (AvgIpc) is 3.63. The number of imide groups is 1. The molecule has 1 aromatic rings. The molecule has 1 aliphatic carbocycles. The van der Waals surface area contributed by atoms with Crippen molar-refractivity contribution in [2.75, 3.05) is 13.2 Å². The van der Waals surface area contributed by atoms with Gasteiger partial charge in [0.2, 0.25) is 11.7 Å². The van der Waals surface area contributed by atoms with E-state index in [9.17, 15) is 24.0 Å². The monoisotopic (exact) mass is 630 g/mol. The smallest absolute Gasteiger partial charge is 0.408 e. The number of benzene rings is 1. The Bertz CT molecular complexity index is 1290. The third kappa shape index (κ3) is 7.49. The molecule has 2 N–H and O–H groups in total. The summed E-state index contributed by atoms with van der Waals surface area (Å²) in [5.74, 6) is -2.98. The Balaban J connectivity index is 1.44. The first-order valence-electron chi connectivity index (χ1n) is 15.1. The van der Waals surface area contributed by atoms with E-state index in [-0.39, 0.29) is 36.3 Å². The van der Waals surface area contributed by atoms with Crippen LogP contribution in [0.2, 0.25) is 18.1 Å². The van der Waals surface area contributed by atoms with Crippen LogP contribution in [0.5, 0.6) is 0 Å². The zero-order valence-corrected chi connectivity index (χ0v) is 28.0. The van der Waals surface area contributed by atoms with Crippen molar-refractivity contribution in [3.05, 3.63) is 35.9 Å². The van der Waals surface area contributed by atoms with E-state index in [1.807, 2.05) is 64.2 Å². The van der Waals surface area contributed by atoms with Gasteiger partial charge >= 0.3 is 12.1 Å². The van der Waals surface area contributed by atoms with Crippen LogP contribution in [-0.4, -0.2) is 84.9 Å². The summed E-state index contributed by atoms with van der Waals surface area (Å²) >= 11 is 0. The standard InChI is InChI=1S/C31H46N4O8Si/c1-29(2,3)43-27(39)32-21(19-42-44(7,8)30(4,5)6)24(36)26(38)33-25(37)22-16-31(14-15-31)23-17-34(22)28(40)35(23)41-18-20-12-10-9-11-13-20/h9-13,21-23H,14-19H2,1-8H3,(H,32,39)(H,33,37,38)/t21-,22+,23-/m1/s1. The number of carbonyl (C=O) groups excluding carboxylic acids is 5. The summed E-state index contributed by atoms with van der Waals surface area (Å²) in [4.78, 5) is 73.3. The Hall–Kier alpha value is -3.29. The number of alkyl carbamates (subject to hydrolysis) is 1. The maximum absolute atomic E-state index is 13.5. The molecule has 3 atom stereocenters. The second-order valence-electron chi connectivity index (χ2n) is 14.6. The lowest BCUT2D eigenvalue weighted by Gasteiger charge is -2.37. The minimum atomic E-state index is -2.37. The largest absolute Gasteiger partial charge is 0.444 e. The molecule has 1 aromatic carbocycles. The summed E-state index contributed by atoms with van der Waals surface area (Å²) in [6.45, 7) is 15.3. The van der Waals surface area contributed by atoms with Gasteiger partial charge in [-0.05, 0) is 69.1 Å². The van der Waals surface area contributed by atoms with Crippen molar-refractivity contribution in [3.63, 3.8) is 0 Å². The lowest BCUT2D eigenvalue weighted by atomic mass is 9.85. The van der Waals surface area contributed by atoms with E-state index in [4.69, 9.17) is 14.0 Å². The van der Waals surface area contributed by atoms with Gasteiger partial charge in [-0.25, -0.2) is 9.59 Å². The number of urea groups is 1. The van der Waals surface area contributed by atoms with Crippen molar-refractivity contribution in [2.24, 2.45) is 5.41 Å². The predicted molar refractivity (Wildman–Crippen MR) is 163 cm³/mol. The van der Waals surface area contributed by atoms with Gasteiger partial charge in [0.25, 0.3) is 5.91 Å². The van der Waals surface area contributed by atoms with Gasteiger partial charge < -0.3 is 19.4 Å². The zero-order chi connectivity index (χ0) is 32.7. The number of fused-ring (bicyclic) bond motifs is 3. The minimum absolute atomic E-state index is 0.191. The van der Waals surface area contributed by atoms with Gasteiger partial charge in [0.05, 0.1) is 12.6 Å². The van der Waals surface area contributed by atoms with Crippen molar-refractivity contribution in [2.45, 2.75) is 109 Å². The molecule has 1 saturated carbocycles. The lowest BCUT2D eigenvalue weighted by Crippen LogP contribution is -2.57. The summed E-state index contributed by atoms with van der Waals surface area (Å²) in [5, 5.41) is 5.83. The van der Waals surface area contributed by atoms with Crippen molar-refractivity contribution in [1.82, 2.24) is 20.6 Å². The van der Waals surface area contributed by atoms with Gasteiger partial charge in [-0.15, -0.1) is 0 Å². The molecule has 0 radical (unpaired) electrons. The molecule has 0 unspecified atom stereocenters. The van der Waals surface area contributed by atoms with E-state index in [2.05, 4.69) is 10.6 Å². The molecule has 5 amide bonds. The summed E-state index contributed by atoms with van der Waals surface area (Å²) in [7, 11) is -2.37. The molecule has 2 bridgehead atoms. The van der Waals surface area contributed by atoms with Crippen LogP contribution in [0, 0.1) is 5.41 Å². The number of ketones is 1. The highest BCUT2D eigenvalue weighted by molar-refractivity contribution is 6.74. The fourth-order valence-electron chi connectivity index (χ4n) is 5.28. The molecule has 44 heavy (non-hydrogen) atoms. The summed E-state index contributed by atoms with van der Waals surface area (Å²) in [6, 6.07) is 6.52. The molecule has 242 valence electrons. The maximum Gasteiger partial charge on any atom is 0.408 e. The molecule has 13 heteroatoms. The second kappa shape index (κ2) is 12.2. The number of rotatable bonds is 10. The van der Waals surface area contributed by atoms with Gasteiger partial charge in [0.15, 0.2) is 8.32 Å². The molecule has 2 saturated heterocycles. The van der Waals surface area contributed by atoms with E-state index in [1.165, 1.54) is 9.96 Å². The van der Waals surface area contributed by atoms with Crippen LogP contribution in [0.15, 0.2) is 30.3 Å². The van der Waals surface area contributed by atoms with E-state index >= 15 is 0 Å². The number of ether oxygens (including phenoxy) is 1. The Morgan fingerprint density at radius 3 is 2.25 bits per heavy atom. The van der Waals surface area contributed by atoms with Crippen LogP contribution < -0.4 is 10.6 Å². The summed E-state index contributed by atoms with van der Waals surface area (Å²) < 4.78 is 11.4. The van der Waals surface area contributed by atoms with Crippen molar-refractivity contribution >= 4 is 38.0 Å². The van der Waals surface area contributed by atoms with Gasteiger partial charge in [-0.1, -0.05) is 51.1 Å². The first-order chi connectivity index (χ1) is 20.3. The molecule has 12 nitrogen and oxygen atoms in total. The number of hydroxylamine groups is 2. The Labute approximate surface area is 260 Å². The zero-order valence-electron chi connectivity index (χ0n) is 27.0. The van der Waals surface area contributed by atoms with E-state index < -0.39 is 55.7 Å². The molecular formula is C31H46N4O8Si. The van der Waals surface area contributed by atoms with E-state index in [1.54, 1.807) is 20.8 Å². The van der Waals surface area contributed by atoms with Crippen molar-refractivity contribution in [1.29, 1.82) is 0 Å². The molecule has 2 aliphatic heterocycles. The Morgan fingerprint density at radius 1 is 1.05 bits per heavy atom. The highest BCUT2D eigenvalue weighted by Crippen LogP contribution is 2.59. The lowest BCUT2D eigenvalue weighted by molar-refractivity contribution is -0.153. The fourth-order valence-corrected chi connectivity index (χ4v) is 6.30. The van der Waals surface area contributed by atoms with E-state index in [0.29, 0.717) is 6.42 Å². The topological polar surface area (TPSA) is 144 Å². The third-order valence-corrected chi connectivity index (χ3v) is 13.6. The highest BCUT2D eigenvalue weighted by Gasteiger charge is 2.64. The van der Waals surface area contributed by atoms with Crippen LogP contribution in [0.4, 0.5) is 9.59 Å². The number of carbonyl (C=O) groups is 5. The minimum Gasteiger partial charge on any atom is -0.444 e. The van der Waals surface area contributed by atoms with Gasteiger partial charge in [0.1, 0.15) is 24.3 Å². The first kappa shape index (κ1) is 33.6. The number of hydrogen-bond acceptors (Lipinski definition) is 8. The summed E-state index contributed by atoms with van der Waals surface area (Å²) in [5.41, 5.74) is -0.215. The summed E-state index contributed by atoms with van der Waals surface area (Å²) in [6.07, 6.45) is 1.12. The van der Waals surface area contributed by atoms with Crippen molar-refractivity contribution in [3.8, 4) is 0 Å². The Morgan fingerprint density at radius 2 is 1.68 bits per heavy atom. The molecular weight excluding hydrogens is 584 g/mol. The van der Waals surface area contributed by atoms with Gasteiger partial charge in [-0.2, -0.15) is 5.06 Å². The van der Waals surface area contributed by atoms with Crippen LogP contribution >= 0.6 is 0 Å². The molecule has 3 aliphatic rings. The average molecular weight is 631 g/mol. The molecule has 4 rings (SSSR count). The number of piperidine rings is 1. The second-order valence-corrected chi connectivity index (χ2v) is 19.4. The maximum atomic E-state index is 13.5. The van der Waals surface area contributed by atoms with Crippen molar-refractivity contribution < 1.29 is 38.0 Å².